The summed E-state index contributed by atoms with van der Waals surface area (Å²) in [6.07, 6.45) is 4.12. The Labute approximate surface area is 77.5 Å². The van der Waals surface area contributed by atoms with E-state index in [1.807, 2.05) is 6.07 Å². The third-order valence-electron chi connectivity index (χ3n) is 2.52. The van der Waals surface area contributed by atoms with E-state index in [0.29, 0.717) is 11.7 Å². The van der Waals surface area contributed by atoms with Gasteiger partial charge >= 0.3 is 0 Å². The van der Waals surface area contributed by atoms with Gasteiger partial charge in [-0.05, 0) is 25.5 Å². The van der Waals surface area contributed by atoms with Gasteiger partial charge in [-0.15, -0.1) is 5.10 Å². The third kappa shape index (κ3) is 1.78. The minimum atomic E-state index is 0.518. The lowest BCUT2D eigenvalue weighted by atomic mass is 9.92. The molecule has 3 N–H and O–H groups in total. The van der Waals surface area contributed by atoms with Gasteiger partial charge in [0.2, 0.25) is 0 Å². The molecule has 4 heteroatoms. The number of nitrogens with one attached hydrogen (secondary N) is 1. The number of nitrogens with two attached hydrogens (primary N) is 1. The van der Waals surface area contributed by atoms with E-state index in [4.69, 9.17) is 5.73 Å². The molecule has 1 unspecified atom stereocenters. The normalized spacial score (nSPS) is 22.9. The molecule has 1 saturated heterocycles. The van der Waals surface area contributed by atoms with Gasteiger partial charge in [-0.25, -0.2) is 0 Å². The van der Waals surface area contributed by atoms with Crippen LogP contribution in [0.4, 0.5) is 5.82 Å². The second-order valence-corrected chi connectivity index (χ2v) is 3.42. The fourth-order valence-corrected chi connectivity index (χ4v) is 1.81. The van der Waals surface area contributed by atoms with Crippen molar-refractivity contribution in [3.8, 4) is 0 Å². The van der Waals surface area contributed by atoms with Crippen LogP contribution in [0.2, 0.25) is 0 Å². The van der Waals surface area contributed by atoms with Gasteiger partial charge in [0.05, 0.1) is 6.20 Å². The molecule has 1 atom stereocenters. The molecule has 0 spiro atoms. The van der Waals surface area contributed by atoms with Crippen LogP contribution in [0.5, 0.6) is 0 Å². The van der Waals surface area contributed by atoms with Gasteiger partial charge in [0, 0.05) is 18.0 Å². The summed E-state index contributed by atoms with van der Waals surface area (Å²) >= 11 is 0. The smallest absolute Gasteiger partial charge is 0.149 e. The van der Waals surface area contributed by atoms with Crippen LogP contribution in [0.3, 0.4) is 0 Å². The molecular formula is C9H14N4. The van der Waals surface area contributed by atoms with E-state index in [1.54, 1.807) is 6.20 Å². The van der Waals surface area contributed by atoms with Gasteiger partial charge in [-0.2, -0.15) is 5.10 Å². The number of nitrogen functional groups attached to an aromatic ring is 1. The number of hydrogen-bond donors (Lipinski definition) is 2. The number of piperidine rings is 1. The van der Waals surface area contributed by atoms with Crippen molar-refractivity contribution in [2.24, 2.45) is 0 Å². The zero-order valence-corrected chi connectivity index (χ0v) is 7.53. The summed E-state index contributed by atoms with van der Waals surface area (Å²) in [4.78, 5) is 0. The van der Waals surface area contributed by atoms with E-state index < -0.39 is 0 Å². The van der Waals surface area contributed by atoms with Crippen LogP contribution in [0, 0.1) is 0 Å². The zero-order valence-electron chi connectivity index (χ0n) is 7.53. The topological polar surface area (TPSA) is 63.8 Å². The Morgan fingerprint density at radius 1 is 1.54 bits per heavy atom. The molecule has 13 heavy (non-hydrogen) atoms. The highest BCUT2D eigenvalue weighted by Crippen LogP contribution is 2.25. The maximum atomic E-state index is 5.75. The molecular weight excluding hydrogens is 164 g/mol. The van der Waals surface area contributed by atoms with Crippen molar-refractivity contribution in [3.05, 3.63) is 17.8 Å². The van der Waals surface area contributed by atoms with Crippen molar-refractivity contribution in [1.82, 2.24) is 15.5 Å². The lowest BCUT2D eigenvalue weighted by Gasteiger charge is -2.23. The van der Waals surface area contributed by atoms with Crippen molar-refractivity contribution in [1.29, 1.82) is 0 Å². The average molecular weight is 178 g/mol. The molecule has 1 aromatic heterocycles. The first-order valence-corrected chi connectivity index (χ1v) is 4.65. The lowest BCUT2D eigenvalue weighted by molar-refractivity contribution is 0.461. The van der Waals surface area contributed by atoms with Crippen molar-refractivity contribution in [3.63, 3.8) is 0 Å². The monoisotopic (exact) mass is 178 g/mol. The fourth-order valence-electron chi connectivity index (χ4n) is 1.81. The van der Waals surface area contributed by atoms with E-state index in [-0.39, 0.29) is 0 Å². The van der Waals surface area contributed by atoms with E-state index in [2.05, 4.69) is 15.5 Å². The highest BCUT2D eigenvalue weighted by molar-refractivity contribution is 5.40. The molecule has 70 valence electrons. The SMILES string of the molecule is Nc1nnccc1C1CCCNC1. The molecule has 0 amide bonds. The standard InChI is InChI=1S/C9H14N4/c10-9-8(3-5-12-13-9)7-2-1-4-11-6-7/h3,5,7,11H,1-2,4,6H2,(H2,10,13). The molecule has 2 rings (SSSR count). The summed E-state index contributed by atoms with van der Waals surface area (Å²) in [5, 5.41) is 11.0. The number of hydrogen-bond acceptors (Lipinski definition) is 4. The third-order valence-corrected chi connectivity index (χ3v) is 2.52. The molecule has 4 nitrogen and oxygen atoms in total. The Morgan fingerprint density at radius 2 is 2.46 bits per heavy atom. The molecule has 1 aliphatic heterocycles. The Morgan fingerprint density at radius 3 is 3.15 bits per heavy atom. The summed E-state index contributed by atoms with van der Waals surface area (Å²) in [6, 6.07) is 1.97. The van der Waals surface area contributed by atoms with Crippen LogP contribution in [-0.4, -0.2) is 23.3 Å². The summed E-state index contributed by atoms with van der Waals surface area (Å²) in [5.74, 6) is 1.10. The quantitative estimate of drug-likeness (QED) is 0.658. The number of anilines is 1. The molecule has 0 bridgehead atoms. The first-order valence-electron chi connectivity index (χ1n) is 4.65. The van der Waals surface area contributed by atoms with Crippen LogP contribution in [0.25, 0.3) is 0 Å². The summed E-state index contributed by atoms with van der Waals surface area (Å²) in [6.45, 7) is 2.13. The number of nitrogens with zero attached hydrogens (tertiary/aromatic N) is 2. The molecule has 2 heterocycles. The van der Waals surface area contributed by atoms with Crippen LogP contribution >= 0.6 is 0 Å². The highest BCUT2D eigenvalue weighted by Gasteiger charge is 2.17. The molecule has 0 radical (unpaired) electrons. The predicted octanol–water partition coefficient (Wildman–Crippen LogP) is 0.526. The predicted molar refractivity (Wildman–Crippen MR) is 51.3 cm³/mol. The Kier molecular flexibility index (Phi) is 2.40. The van der Waals surface area contributed by atoms with E-state index in [9.17, 15) is 0 Å². The van der Waals surface area contributed by atoms with Gasteiger partial charge < -0.3 is 11.1 Å². The zero-order chi connectivity index (χ0) is 9.10. The Hall–Kier alpha value is -1.16. The van der Waals surface area contributed by atoms with Gasteiger partial charge in [0.1, 0.15) is 5.82 Å². The summed E-state index contributed by atoms with van der Waals surface area (Å²) < 4.78 is 0. The van der Waals surface area contributed by atoms with Crippen LogP contribution in [0.15, 0.2) is 12.3 Å². The second-order valence-electron chi connectivity index (χ2n) is 3.42. The van der Waals surface area contributed by atoms with Crippen LogP contribution in [0.1, 0.15) is 24.3 Å². The summed E-state index contributed by atoms with van der Waals surface area (Å²) in [7, 11) is 0. The summed E-state index contributed by atoms with van der Waals surface area (Å²) in [5.41, 5.74) is 6.89. The molecule has 0 saturated carbocycles. The Bertz CT molecular complexity index is 281. The average Bonchev–Trinajstić information content (AvgIpc) is 2.20. The van der Waals surface area contributed by atoms with Gasteiger partial charge in [0.15, 0.2) is 0 Å². The van der Waals surface area contributed by atoms with E-state index in [0.717, 1.165) is 18.7 Å². The minimum absolute atomic E-state index is 0.518. The maximum absolute atomic E-state index is 5.75. The van der Waals surface area contributed by atoms with Crippen molar-refractivity contribution in [2.75, 3.05) is 18.8 Å². The minimum Gasteiger partial charge on any atom is -0.382 e. The Balaban J connectivity index is 2.18. The first-order chi connectivity index (χ1) is 6.38. The maximum Gasteiger partial charge on any atom is 0.149 e. The van der Waals surface area contributed by atoms with Gasteiger partial charge in [-0.1, -0.05) is 0 Å². The van der Waals surface area contributed by atoms with E-state index >= 15 is 0 Å². The van der Waals surface area contributed by atoms with Crippen molar-refractivity contribution < 1.29 is 0 Å². The molecule has 1 fully saturated rings. The fraction of sp³-hybridized carbons (Fsp3) is 0.556. The van der Waals surface area contributed by atoms with Gasteiger partial charge in [-0.3, -0.25) is 0 Å². The first kappa shape index (κ1) is 8.44. The van der Waals surface area contributed by atoms with E-state index in [1.165, 1.54) is 12.8 Å². The molecule has 1 aliphatic rings. The second kappa shape index (κ2) is 3.70. The molecule has 0 aromatic carbocycles. The number of rotatable bonds is 1. The number of aromatic nitrogens is 2. The van der Waals surface area contributed by atoms with Crippen LogP contribution < -0.4 is 11.1 Å². The molecule has 0 aliphatic carbocycles. The largest absolute Gasteiger partial charge is 0.382 e. The highest BCUT2D eigenvalue weighted by atomic mass is 15.1. The van der Waals surface area contributed by atoms with Crippen LogP contribution in [-0.2, 0) is 0 Å². The molecule has 1 aromatic rings. The van der Waals surface area contributed by atoms with Gasteiger partial charge in [0.25, 0.3) is 0 Å². The van der Waals surface area contributed by atoms with Crippen molar-refractivity contribution >= 4 is 5.82 Å². The van der Waals surface area contributed by atoms with Crippen molar-refractivity contribution in [2.45, 2.75) is 18.8 Å². The lowest BCUT2D eigenvalue weighted by Crippen LogP contribution is -2.28.